The Morgan fingerprint density at radius 2 is 1.88 bits per heavy atom. The van der Waals surface area contributed by atoms with Gasteiger partial charge >= 0.3 is 0 Å². The molecule has 0 aliphatic carbocycles. The third kappa shape index (κ3) is 5.17. The molecule has 1 fully saturated rings. The molecule has 0 saturated carbocycles. The van der Waals surface area contributed by atoms with Crippen molar-refractivity contribution in [3.05, 3.63) is 81.5 Å². The van der Waals surface area contributed by atoms with E-state index in [1.54, 1.807) is 17.0 Å². The zero-order valence-electron chi connectivity index (χ0n) is 18.8. The second-order valence-electron chi connectivity index (χ2n) is 8.54. The van der Waals surface area contributed by atoms with Crippen LogP contribution in [0.25, 0.3) is 0 Å². The Kier molecular flexibility index (Phi) is 6.69. The topological polar surface area (TPSA) is 79.0 Å². The highest BCUT2D eigenvalue weighted by atomic mass is 32.2. The predicted molar refractivity (Wildman–Crippen MR) is 132 cm³/mol. The second kappa shape index (κ2) is 9.87. The van der Waals surface area contributed by atoms with Crippen molar-refractivity contribution in [2.24, 2.45) is 0 Å². The van der Waals surface area contributed by atoms with Crippen LogP contribution < -0.4 is 9.46 Å². The van der Waals surface area contributed by atoms with Crippen molar-refractivity contribution in [3.8, 4) is 5.75 Å². The largest absolute Gasteiger partial charge is 0.493 e. The molecule has 2 aromatic carbocycles. The van der Waals surface area contributed by atoms with E-state index in [1.165, 1.54) is 34.6 Å². The van der Waals surface area contributed by atoms with Crippen molar-refractivity contribution in [1.29, 1.82) is 0 Å². The van der Waals surface area contributed by atoms with Gasteiger partial charge in [-0.05, 0) is 46.8 Å². The van der Waals surface area contributed by atoms with Gasteiger partial charge in [0.05, 0.1) is 11.5 Å². The average Bonchev–Trinajstić information content (AvgIpc) is 3.55. The van der Waals surface area contributed by atoms with Gasteiger partial charge in [0.1, 0.15) is 5.75 Å². The van der Waals surface area contributed by atoms with Gasteiger partial charge in [0.2, 0.25) is 10.0 Å². The van der Waals surface area contributed by atoms with E-state index in [2.05, 4.69) is 21.8 Å². The van der Waals surface area contributed by atoms with E-state index in [0.29, 0.717) is 18.7 Å². The number of nitrogens with zero attached hydrogens (tertiary/aromatic N) is 2. The maximum atomic E-state index is 13.1. The van der Waals surface area contributed by atoms with Crippen LogP contribution >= 0.6 is 11.3 Å². The third-order valence-corrected chi connectivity index (χ3v) is 8.50. The predicted octanol–water partition coefficient (Wildman–Crippen LogP) is 3.12. The van der Waals surface area contributed by atoms with Crippen LogP contribution in [-0.4, -0.2) is 56.9 Å². The summed E-state index contributed by atoms with van der Waals surface area (Å²) in [5.41, 5.74) is 2.93. The number of fused-ring (bicyclic) bond motifs is 1. The van der Waals surface area contributed by atoms with Crippen LogP contribution in [0.4, 0.5) is 0 Å². The quantitative estimate of drug-likeness (QED) is 0.543. The maximum Gasteiger partial charge on any atom is 0.253 e. The molecule has 1 N–H and O–H groups in total. The first kappa shape index (κ1) is 23.0. The minimum absolute atomic E-state index is 0.106. The molecule has 1 saturated heterocycles. The van der Waals surface area contributed by atoms with Crippen molar-refractivity contribution in [3.63, 3.8) is 0 Å². The van der Waals surface area contributed by atoms with Crippen LogP contribution in [-0.2, 0) is 29.5 Å². The summed E-state index contributed by atoms with van der Waals surface area (Å²) in [6, 6.07) is 16.4. The molecule has 1 amide bonds. The Labute approximate surface area is 204 Å². The average molecular weight is 498 g/mol. The van der Waals surface area contributed by atoms with E-state index in [0.717, 1.165) is 43.3 Å². The van der Waals surface area contributed by atoms with Gasteiger partial charge in [0, 0.05) is 56.1 Å². The SMILES string of the molecule is O=C(c1cccc(S(=O)(=O)NCc2cccs2)c1)N1CCN(Cc2ccc3c(c2)CCO3)CC1. The van der Waals surface area contributed by atoms with Crippen LogP contribution in [0.15, 0.2) is 64.9 Å². The number of sulfonamides is 1. The second-order valence-corrected chi connectivity index (χ2v) is 11.3. The summed E-state index contributed by atoms with van der Waals surface area (Å²) in [6.07, 6.45) is 0.962. The van der Waals surface area contributed by atoms with Gasteiger partial charge in [-0.3, -0.25) is 9.69 Å². The smallest absolute Gasteiger partial charge is 0.253 e. The highest BCUT2D eigenvalue weighted by molar-refractivity contribution is 7.89. The Morgan fingerprint density at radius 3 is 2.68 bits per heavy atom. The molecule has 0 radical (unpaired) electrons. The van der Waals surface area contributed by atoms with Crippen molar-refractivity contribution in [1.82, 2.24) is 14.5 Å². The lowest BCUT2D eigenvalue weighted by atomic mass is 10.1. The number of hydrogen-bond donors (Lipinski definition) is 1. The van der Waals surface area contributed by atoms with E-state index in [9.17, 15) is 13.2 Å². The Hall–Kier alpha value is -2.72. The molecule has 3 aromatic rings. The molecule has 1 aromatic heterocycles. The van der Waals surface area contributed by atoms with Crippen LogP contribution in [0.5, 0.6) is 5.75 Å². The first-order chi connectivity index (χ1) is 16.5. The fourth-order valence-electron chi connectivity index (χ4n) is 4.35. The monoisotopic (exact) mass is 497 g/mol. The molecule has 0 bridgehead atoms. The minimum Gasteiger partial charge on any atom is -0.493 e. The lowest BCUT2D eigenvalue weighted by Crippen LogP contribution is -2.48. The van der Waals surface area contributed by atoms with Crippen molar-refractivity contribution in [2.45, 2.75) is 24.4 Å². The van der Waals surface area contributed by atoms with E-state index in [1.807, 2.05) is 23.6 Å². The number of piperazine rings is 1. The number of amides is 1. The number of benzene rings is 2. The molecule has 5 rings (SSSR count). The molecule has 34 heavy (non-hydrogen) atoms. The number of thiophene rings is 1. The molecule has 2 aliphatic rings. The lowest BCUT2D eigenvalue weighted by molar-refractivity contribution is 0.0628. The maximum absolute atomic E-state index is 13.1. The van der Waals surface area contributed by atoms with Crippen LogP contribution in [0.3, 0.4) is 0 Å². The summed E-state index contributed by atoms with van der Waals surface area (Å²) < 4.78 is 33.6. The van der Waals surface area contributed by atoms with Crippen molar-refractivity contribution in [2.75, 3.05) is 32.8 Å². The Balaban J connectivity index is 1.18. The third-order valence-electron chi connectivity index (χ3n) is 6.23. The molecule has 7 nitrogen and oxygen atoms in total. The first-order valence-corrected chi connectivity index (χ1v) is 13.7. The standard InChI is InChI=1S/C25H27N3O4S2/c29-25(21-3-1-5-23(16-21)34(30,31)26-17-22-4-2-14-33-22)28-11-9-27(10-12-28)18-19-6-7-24-20(15-19)8-13-32-24/h1-7,14-16,26H,8-13,17-18H2. The number of ether oxygens (including phenoxy) is 1. The Bertz CT molecular complexity index is 1270. The zero-order valence-corrected chi connectivity index (χ0v) is 20.4. The fourth-order valence-corrected chi connectivity index (χ4v) is 6.13. The van der Waals surface area contributed by atoms with Gasteiger partial charge in [0.25, 0.3) is 5.91 Å². The molecule has 0 unspecified atom stereocenters. The number of hydrogen-bond acceptors (Lipinski definition) is 6. The van der Waals surface area contributed by atoms with E-state index in [-0.39, 0.29) is 17.3 Å². The molecular weight excluding hydrogens is 470 g/mol. The van der Waals surface area contributed by atoms with E-state index in [4.69, 9.17) is 4.74 Å². The number of rotatable bonds is 7. The lowest BCUT2D eigenvalue weighted by Gasteiger charge is -2.35. The van der Waals surface area contributed by atoms with Crippen molar-refractivity contribution < 1.29 is 17.9 Å². The minimum atomic E-state index is -3.70. The summed E-state index contributed by atoms with van der Waals surface area (Å²) >= 11 is 1.49. The van der Waals surface area contributed by atoms with Crippen LogP contribution in [0.2, 0.25) is 0 Å². The summed E-state index contributed by atoms with van der Waals surface area (Å²) in [6.45, 7) is 4.61. The van der Waals surface area contributed by atoms with E-state index < -0.39 is 10.0 Å². The zero-order chi connectivity index (χ0) is 23.5. The van der Waals surface area contributed by atoms with Gasteiger partial charge in [-0.25, -0.2) is 13.1 Å². The highest BCUT2D eigenvalue weighted by Gasteiger charge is 2.24. The number of carbonyl (C=O) groups is 1. The molecule has 2 aliphatic heterocycles. The summed E-state index contributed by atoms with van der Waals surface area (Å²) in [5.74, 6) is 0.856. The molecule has 0 spiro atoms. The molecule has 3 heterocycles. The van der Waals surface area contributed by atoms with Gasteiger partial charge in [-0.15, -0.1) is 11.3 Å². The Morgan fingerprint density at radius 1 is 1.03 bits per heavy atom. The summed E-state index contributed by atoms with van der Waals surface area (Å²) in [4.78, 5) is 18.3. The fraction of sp³-hybridized carbons (Fsp3) is 0.320. The molecule has 9 heteroatoms. The molecule has 178 valence electrons. The first-order valence-electron chi connectivity index (χ1n) is 11.4. The summed E-state index contributed by atoms with van der Waals surface area (Å²) in [5, 5.41) is 1.91. The molecule has 0 atom stereocenters. The normalized spacial score (nSPS) is 16.3. The van der Waals surface area contributed by atoms with Crippen LogP contribution in [0.1, 0.15) is 26.4 Å². The van der Waals surface area contributed by atoms with E-state index >= 15 is 0 Å². The van der Waals surface area contributed by atoms with Gasteiger partial charge in [0.15, 0.2) is 0 Å². The van der Waals surface area contributed by atoms with Crippen LogP contribution in [0, 0.1) is 0 Å². The number of carbonyl (C=O) groups excluding carboxylic acids is 1. The van der Waals surface area contributed by atoms with Gasteiger partial charge in [-0.2, -0.15) is 0 Å². The summed E-state index contributed by atoms with van der Waals surface area (Å²) in [7, 11) is -3.70. The van der Waals surface area contributed by atoms with Crippen molar-refractivity contribution >= 4 is 27.3 Å². The highest BCUT2D eigenvalue weighted by Crippen LogP contribution is 2.26. The molecular formula is C25H27N3O4S2. The van der Waals surface area contributed by atoms with Gasteiger partial charge in [-0.1, -0.05) is 24.3 Å². The number of nitrogens with one attached hydrogen (secondary N) is 1. The van der Waals surface area contributed by atoms with Gasteiger partial charge < -0.3 is 9.64 Å².